The molecular formula is C28H32ClFN6O3. The van der Waals surface area contributed by atoms with Crippen LogP contribution in [0.1, 0.15) is 44.5 Å². The molecule has 39 heavy (non-hydrogen) atoms. The molecule has 2 aliphatic heterocycles. The van der Waals surface area contributed by atoms with E-state index in [4.69, 9.17) is 21.8 Å². The molecule has 1 N–H and O–H groups in total. The lowest BCUT2D eigenvalue weighted by atomic mass is 9.83. The van der Waals surface area contributed by atoms with Crippen LogP contribution in [0.2, 0.25) is 5.02 Å². The van der Waals surface area contributed by atoms with E-state index >= 15 is 0 Å². The molecule has 5 rings (SSSR count). The van der Waals surface area contributed by atoms with E-state index in [1.54, 1.807) is 30.6 Å². The second kappa shape index (κ2) is 9.82. The van der Waals surface area contributed by atoms with Crippen molar-refractivity contribution in [2.75, 3.05) is 36.0 Å². The lowest BCUT2D eigenvalue weighted by Crippen LogP contribution is -2.62. The Labute approximate surface area is 231 Å². The molecule has 2 aliphatic rings. The molecule has 2 aromatic heterocycles. The molecule has 0 saturated carbocycles. The van der Waals surface area contributed by atoms with E-state index < -0.39 is 17.3 Å². The largest absolute Gasteiger partial charge is 0.481 e. The number of halogens is 2. The number of fused-ring (bicyclic) bond motifs is 1. The molecule has 9 nitrogen and oxygen atoms in total. The van der Waals surface area contributed by atoms with Gasteiger partial charge in [-0.15, -0.1) is 0 Å². The average molecular weight is 555 g/mol. The molecule has 4 heterocycles. The lowest BCUT2D eigenvalue weighted by molar-refractivity contribution is -0.136. The molecule has 0 bridgehead atoms. The van der Waals surface area contributed by atoms with Crippen LogP contribution in [-0.2, 0) is 23.2 Å². The zero-order valence-corrected chi connectivity index (χ0v) is 23.2. The van der Waals surface area contributed by atoms with Crippen LogP contribution in [0.15, 0.2) is 42.7 Å². The molecule has 206 valence electrons. The third-order valence-electron chi connectivity index (χ3n) is 7.46. The number of carboxylic acid groups (broad SMARTS) is 1. The first-order valence-corrected chi connectivity index (χ1v) is 13.2. The predicted octanol–water partition coefficient (Wildman–Crippen LogP) is 4.56. The molecule has 0 atom stereocenters. The number of piperazine rings is 1. The van der Waals surface area contributed by atoms with Gasteiger partial charge in [0.1, 0.15) is 11.6 Å². The smallest absolute Gasteiger partial charge is 0.345 e. The molecular weight excluding hydrogens is 523 g/mol. The number of hydrogen-bond donors (Lipinski definition) is 1. The highest BCUT2D eigenvalue weighted by molar-refractivity contribution is 6.30. The minimum absolute atomic E-state index is 0.0694. The number of aliphatic carboxylic acids is 1. The van der Waals surface area contributed by atoms with E-state index in [1.165, 1.54) is 10.7 Å². The predicted molar refractivity (Wildman–Crippen MR) is 147 cm³/mol. The Hall–Kier alpha value is -3.66. The van der Waals surface area contributed by atoms with Gasteiger partial charge >= 0.3 is 12.0 Å². The van der Waals surface area contributed by atoms with Crippen LogP contribution in [0.3, 0.4) is 0 Å². The maximum atomic E-state index is 14.2. The zero-order valence-electron chi connectivity index (χ0n) is 22.5. The molecule has 1 saturated heterocycles. The van der Waals surface area contributed by atoms with Crippen LogP contribution in [0.4, 0.5) is 20.7 Å². The summed E-state index contributed by atoms with van der Waals surface area (Å²) < 4.78 is 15.6. The van der Waals surface area contributed by atoms with E-state index in [0.717, 1.165) is 22.8 Å². The summed E-state index contributed by atoms with van der Waals surface area (Å²) in [5.41, 5.74) is 2.30. The number of amides is 1. The van der Waals surface area contributed by atoms with Gasteiger partial charge in [0, 0.05) is 61.8 Å². The zero-order chi connectivity index (χ0) is 28.1. The third-order valence-corrected chi connectivity index (χ3v) is 7.77. The van der Waals surface area contributed by atoms with Gasteiger partial charge in [-0.05, 0) is 43.7 Å². The van der Waals surface area contributed by atoms with Crippen molar-refractivity contribution in [3.05, 3.63) is 70.4 Å². The highest BCUT2D eigenvalue weighted by atomic mass is 35.5. The number of carbonyl (C=O) groups is 2. The van der Waals surface area contributed by atoms with Crippen LogP contribution >= 0.6 is 11.6 Å². The van der Waals surface area contributed by atoms with Gasteiger partial charge in [0.25, 0.3) is 0 Å². The SMILES string of the molecule is CC1(C)CN(c2ccc(Cl)c(F)c2)Cc2cn(C(=O)N3CCN(c4ccc(CC(=O)O)cn4)CC3(C)C)nc21. The number of carbonyl (C=O) groups excluding carboxylic acids is 1. The molecule has 0 unspecified atom stereocenters. The Morgan fingerprint density at radius 2 is 1.85 bits per heavy atom. The molecule has 0 aliphatic carbocycles. The monoisotopic (exact) mass is 554 g/mol. The molecule has 1 aromatic carbocycles. The number of aromatic nitrogens is 3. The summed E-state index contributed by atoms with van der Waals surface area (Å²) in [4.78, 5) is 35.2. The van der Waals surface area contributed by atoms with Crippen LogP contribution < -0.4 is 9.80 Å². The number of anilines is 2. The Morgan fingerprint density at radius 3 is 2.49 bits per heavy atom. The van der Waals surface area contributed by atoms with Gasteiger partial charge in [0.15, 0.2) is 0 Å². The summed E-state index contributed by atoms with van der Waals surface area (Å²) in [5.74, 6) is -0.608. The number of carboxylic acids is 1. The van der Waals surface area contributed by atoms with Gasteiger partial charge in [-0.25, -0.2) is 14.2 Å². The topological polar surface area (TPSA) is 94.8 Å². The summed E-state index contributed by atoms with van der Waals surface area (Å²) in [6.07, 6.45) is 3.31. The van der Waals surface area contributed by atoms with Crippen molar-refractivity contribution in [3.8, 4) is 0 Å². The lowest BCUT2D eigenvalue weighted by Gasteiger charge is -2.47. The summed E-state index contributed by atoms with van der Waals surface area (Å²) >= 11 is 5.88. The van der Waals surface area contributed by atoms with Gasteiger partial charge in [-0.1, -0.05) is 31.5 Å². The standard InChI is InChI=1S/C28H32ClFN6O3/c1-27(2)16-34(20-6-7-21(29)22(30)12-20)14-19-15-36(32-25(19)27)26(39)35-10-9-33(17-28(35,3)4)23-8-5-18(13-31-23)11-24(37)38/h5-8,12-13,15H,9-11,14,16-17H2,1-4H3,(H,37,38). The maximum Gasteiger partial charge on any atom is 0.345 e. The van der Waals surface area contributed by atoms with E-state index in [9.17, 15) is 14.0 Å². The molecule has 1 amide bonds. The van der Waals surface area contributed by atoms with E-state index in [1.807, 2.05) is 24.8 Å². The summed E-state index contributed by atoms with van der Waals surface area (Å²) in [5, 5.41) is 13.8. The summed E-state index contributed by atoms with van der Waals surface area (Å²) in [7, 11) is 0. The first-order valence-electron chi connectivity index (χ1n) is 12.9. The van der Waals surface area contributed by atoms with Crippen molar-refractivity contribution in [1.82, 2.24) is 19.7 Å². The average Bonchev–Trinajstić information content (AvgIpc) is 3.30. The fourth-order valence-electron chi connectivity index (χ4n) is 5.58. The molecule has 1 fully saturated rings. The van der Waals surface area contributed by atoms with Crippen molar-refractivity contribution in [2.24, 2.45) is 0 Å². The van der Waals surface area contributed by atoms with Gasteiger partial charge in [-0.3, -0.25) is 4.79 Å². The Kier molecular flexibility index (Phi) is 6.78. The number of nitrogens with zero attached hydrogens (tertiary/aromatic N) is 6. The van der Waals surface area contributed by atoms with Crippen molar-refractivity contribution >= 4 is 35.1 Å². The summed E-state index contributed by atoms with van der Waals surface area (Å²) in [6, 6.07) is 8.21. The number of benzene rings is 1. The first-order chi connectivity index (χ1) is 18.3. The minimum Gasteiger partial charge on any atom is -0.481 e. The second-order valence-electron chi connectivity index (χ2n) is 11.5. The molecule has 0 radical (unpaired) electrons. The van der Waals surface area contributed by atoms with Gasteiger partial charge in [-0.2, -0.15) is 9.78 Å². The number of hydrogen-bond acceptors (Lipinski definition) is 6. The van der Waals surface area contributed by atoms with E-state index in [-0.39, 0.29) is 22.9 Å². The quantitative estimate of drug-likeness (QED) is 0.505. The van der Waals surface area contributed by atoms with Crippen molar-refractivity contribution < 1.29 is 19.1 Å². The van der Waals surface area contributed by atoms with E-state index in [2.05, 4.69) is 28.6 Å². The molecule has 0 spiro atoms. The highest BCUT2D eigenvalue weighted by Crippen LogP contribution is 2.36. The fourth-order valence-corrected chi connectivity index (χ4v) is 5.70. The van der Waals surface area contributed by atoms with Crippen LogP contribution in [-0.4, -0.2) is 68.5 Å². The maximum absolute atomic E-state index is 14.2. The first kappa shape index (κ1) is 26.9. The number of rotatable bonds is 4. The summed E-state index contributed by atoms with van der Waals surface area (Å²) in [6.45, 7) is 10.9. The van der Waals surface area contributed by atoms with Crippen molar-refractivity contribution in [2.45, 2.75) is 51.6 Å². The van der Waals surface area contributed by atoms with Crippen molar-refractivity contribution in [1.29, 1.82) is 0 Å². The third kappa shape index (κ3) is 5.30. The molecule has 11 heteroatoms. The number of pyridine rings is 1. The van der Waals surface area contributed by atoms with Crippen molar-refractivity contribution in [3.63, 3.8) is 0 Å². The molecule has 3 aromatic rings. The van der Waals surface area contributed by atoms with Gasteiger partial charge in [0.05, 0.1) is 22.7 Å². The minimum atomic E-state index is -0.895. The Balaban J connectivity index is 1.33. The van der Waals surface area contributed by atoms with E-state index in [0.29, 0.717) is 38.3 Å². The van der Waals surface area contributed by atoms with Crippen LogP contribution in [0, 0.1) is 5.82 Å². The fraction of sp³-hybridized carbons (Fsp3) is 0.429. The Bertz CT molecular complexity index is 1420. The van der Waals surface area contributed by atoms with Crippen LogP contribution in [0.5, 0.6) is 0 Å². The Morgan fingerprint density at radius 1 is 1.08 bits per heavy atom. The van der Waals surface area contributed by atoms with Gasteiger partial charge in [0.2, 0.25) is 0 Å². The van der Waals surface area contributed by atoms with Crippen LogP contribution in [0.25, 0.3) is 0 Å². The highest BCUT2D eigenvalue weighted by Gasteiger charge is 2.40. The second-order valence-corrected chi connectivity index (χ2v) is 12.0. The normalized spacial score (nSPS) is 18.2. The van der Waals surface area contributed by atoms with Gasteiger partial charge < -0.3 is 19.8 Å².